The Morgan fingerprint density at radius 2 is 1.91 bits per heavy atom. The number of amides is 1. The van der Waals surface area contributed by atoms with E-state index in [-0.39, 0.29) is 11.6 Å². The first-order chi connectivity index (χ1) is 10.6. The molecule has 0 aromatic heterocycles. The van der Waals surface area contributed by atoms with Crippen LogP contribution in [0, 0.1) is 0 Å². The molecule has 5 heteroatoms. The highest BCUT2D eigenvalue weighted by Crippen LogP contribution is 2.34. The monoisotopic (exact) mass is 304 g/mol. The van der Waals surface area contributed by atoms with Crippen molar-refractivity contribution in [3.63, 3.8) is 0 Å². The average Bonchev–Trinajstić information content (AvgIpc) is 2.95. The lowest BCUT2D eigenvalue weighted by Gasteiger charge is -2.42. The number of piperidine rings is 1. The van der Waals surface area contributed by atoms with Crippen LogP contribution in [0.2, 0.25) is 0 Å². The zero-order chi connectivity index (χ0) is 15.6. The van der Waals surface area contributed by atoms with E-state index in [1.807, 2.05) is 29.2 Å². The molecule has 0 unspecified atom stereocenters. The Morgan fingerprint density at radius 3 is 2.55 bits per heavy atom. The van der Waals surface area contributed by atoms with Crippen LogP contribution in [0.4, 0.5) is 0 Å². The van der Waals surface area contributed by atoms with E-state index in [0.29, 0.717) is 19.6 Å². The molecule has 0 bridgehead atoms. The molecule has 2 aliphatic heterocycles. The lowest BCUT2D eigenvalue weighted by molar-refractivity contribution is -0.156. The van der Waals surface area contributed by atoms with Crippen molar-refractivity contribution in [3.8, 4) is 5.75 Å². The van der Waals surface area contributed by atoms with Crippen molar-refractivity contribution >= 4 is 5.91 Å². The number of methoxy groups -OCH3 is 1. The predicted octanol–water partition coefficient (Wildman–Crippen LogP) is 1.52. The maximum Gasteiger partial charge on any atom is 0.229 e. The zero-order valence-electron chi connectivity index (χ0n) is 13.4. The SMILES string of the molecule is COc1ccc(CC(=O)N2CCOC23CCN(C)CC3)cc1. The Bertz CT molecular complexity index is 521. The molecule has 0 atom stereocenters. The molecule has 0 saturated carbocycles. The lowest BCUT2D eigenvalue weighted by Crippen LogP contribution is -2.54. The Kier molecular flexibility index (Phi) is 4.36. The summed E-state index contributed by atoms with van der Waals surface area (Å²) in [4.78, 5) is 17.0. The molecule has 1 amide bonds. The molecule has 3 rings (SSSR count). The highest BCUT2D eigenvalue weighted by atomic mass is 16.5. The van der Waals surface area contributed by atoms with Crippen LogP contribution in [0.25, 0.3) is 0 Å². The number of carbonyl (C=O) groups excluding carboxylic acids is 1. The fourth-order valence-corrected chi connectivity index (χ4v) is 3.36. The maximum atomic E-state index is 12.7. The number of hydrogen-bond acceptors (Lipinski definition) is 4. The number of benzene rings is 1. The number of hydrogen-bond donors (Lipinski definition) is 0. The molecule has 2 saturated heterocycles. The smallest absolute Gasteiger partial charge is 0.229 e. The topological polar surface area (TPSA) is 42.0 Å². The second-order valence-corrected chi connectivity index (χ2v) is 6.17. The fraction of sp³-hybridized carbons (Fsp3) is 0.588. The molecule has 2 heterocycles. The molecule has 1 spiro atoms. The predicted molar refractivity (Wildman–Crippen MR) is 83.8 cm³/mol. The summed E-state index contributed by atoms with van der Waals surface area (Å²) in [5.41, 5.74) is 0.650. The molecule has 2 fully saturated rings. The number of carbonyl (C=O) groups is 1. The first-order valence-corrected chi connectivity index (χ1v) is 7.89. The van der Waals surface area contributed by atoms with Gasteiger partial charge in [0, 0.05) is 32.5 Å². The molecule has 1 aromatic carbocycles. The van der Waals surface area contributed by atoms with Crippen molar-refractivity contribution < 1.29 is 14.3 Å². The standard InChI is InChI=1S/C17H24N2O3/c1-18-9-7-17(8-10-18)19(11-12-22-17)16(20)13-14-3-5-15(21-2)6-4-14/h3-6H,7-13H2,1-2H3. The summed E-state index contributed by atoms with van der Waals surface area (Å²) in [6.45, 7) is 3.31. The van der Waals surface area contributed by atoms with Crippen molar-refractivity contribution in [2.75, 3.05) is 40.4 Å². The van der Waals surface area contributed by atoms with Crippen molar-refractivity contribution in [2.45, 2.75) is 25.0 Å². The summed E-state index contributed by atoms with van der Waals surface area (Å²) in [5.74, 6) is 0.972. The fourth-order valence-electron chi connectivity index (χ4n) is 3.36. The van der Waals surface area contributed by atoms with Crippen LogP contribution in [0.1, 0.15) is 18.4 Å². The third kappa shape index (κ3) is 2.96. The number of likely N-dealkylation sites (tertiary alicyclic amines) is 1. The summed E-state index contributed by atoms with van der Waals surface area (Å²) >= 11 is 0. The van der Waals surface area contributed by atoms with E-state index in [1.165, 1.54) is 0 Å². The number of rotatable bonds is 3. The third-order valence-electron chi connectivity index (χ3n) is 4.76. The van der Waals surface area contributed by atoms with E-state index < -0.39 is 0 Å². The number of nitrogens with zero attached hydrogens (tertiary/aromatic N) is 2. The van der Waals surface area contributed by atoms with Crippen LogP contribution >= 0.6 is 0 Å². The van der Waals surface area contributed by atoms with E-state index in [4.69, 9.17) is 9.47 Å². The molecular formula is C17H24N2O3. The van der Waals surface area contributed by atoms with Crippen LogP contribution in [-0.4, -0.2) is 61.8 Å². The van der Waals surface area contributed by atoms with Gasteiger partial charge in [0.05, 0.1) is 20.1 Å². The third-order valence-corrected chi connectivity index (χ3v) is 4.76. The molecule has 2 aliphatic rings. The maximum absolute atomic E-state index is 12.7. The van der Waals surface area contributed by atoms with Crippen molar-refractivity contribution in [1.29, 1.82) is 0 Å². The summed E-state index contributed by atoms with van der Waals surface area (Å²) in [6.07, 6.45) is 2.22. The van der Waals surface area contributed by atoms with Gasteiger partial charge in [-0.2, -0.15) is 0 Å². The highest BCUT2D eigenvalue weighted by Gasteiger charge is 2.46. The Morgan fingerprint density at radius 1 is 1.23 bits per heavy atom. The molecule has 0 N–H and O–H groups in total. The van der Waals surface area contributed by atoms with Gasteiger partial charge in [-0.05, 0) is 24.7 Å². The molecule has 0 aliphatic carbocycles. The molecule has 1 aromatic rings. The van der Waals surface area contributed by atoms with Crippen LogP contribution in [0.15, 0.2) is 24.3 Å². The Labute approximate surface area is 131 Å². The van der Waals surface area contributed by atoms with E-state index in [1.54, 1.807) is 7.11 Å². The summed E-state index contributed by atoms with van der Waals surface area (Å²) in [5, 5.41) is 0. The highest BCUT2D eigenvalue weighted by molar-refractivity contribution is 5.79. The van der Waals surface area contributed by atoms with Gasteiger partial charge in [0.15, 0.2) is 0 Å². The minimum Gasteiger partial charge on any atom is -0.497 e. The van der Waals surface area contributed by atoms with Gasteiger partial charge in [0.2, 0.25) is 5.91 Å². The summed E-state index contributed by atoms with van der Waals surface area (Å²) in [7, 11) is 3.76. The first kappa shape index (κ1) is 15.3. The van der Waals surface area contributed by atoms with Gasteiger partial charge in [-0.3, -0.25) is 4.79 Å². The van der Waals surface area contributed by atoms with Crippen molar-refractivity contribution in [2.24, 2.45) is 0 Å². The van der Waals surface area contributed by atoms with Crippen LogP contribution < -0.4 is 4.74 Å². The van der Waals surface area contributed by atoms with Crippen LogP contribution in [0.3, 0.4) is 0 Å². The largest absolute Gasteiger partial charge is 0.497 e. The van der Waals surface area contributed by atoms with Crippen LogP contribution in [-0.2, 0) is 16.0 Å². The number of ether oxygens (including phenoxy) is 2. The molecule has 5 nitrogen and oxygen atoms in total. The van der Waals surface area contributed by atoms with Gasteiger partial charge < -0.3 is 19.3 Å². The van der Waals surface area contributed by atoms with E-state index in [9.17, 15) is 4.79 Å². The quantitative estimate of drug-likeness (QED) is 0.849. The van der Waals surface area contributed by atoms with Crippen molar-refractivity contribution in [1.82, 2.24) is 9.80 Å². The minimum absolute atomic E-state index is 0.159. The molecule has 120 valence electrons. The van der Waals surface area contributed by atoms with Crippen LogP contribution in [0.5, 0.6) is 5.75 Å². The van der Waals surface area contributed by atoms with Gasteiger partial charge in [-0.15, -0.1) is 0 Å². The normalized spacial score (nSPS) is 21.3. The second-order valence-electron chi connectivity index (χ2n) is 6.17. The molecule has 22 heavy (non-hydrogen) atoms. The van der Waals surface area contributed by atoms with Gasteiger partial charge >= 0.3 is 0 Å². The second kappa shape index (κ2) is 6.26. The summed E-state index contributed by atoms with van der Waals surface area (Å²) in [6, 6.07) is 7.70. The molecular weight excluding hydrogens is 280 g/mol. The van der Waals surface area contributed by atoms with Gasteiger partial charge in [-0.25, -0.2) is 0 Å². The summed E-state index contributed by atoms with van der Waals surface area (Å²) < 4.78 is 11.2. The zero-order valence-corrected chi connectivity index (χ0v) is 13.4. The molecule has 0 radical (unpaired) electrons. The minimum atomic E-state index is -0.365. The first-order valence-electron chi connectivity index (χ1n) is 7.89. The van der Waals surface area contributed by atoms with Gasteiger partial charge in [0.1, 0.15) is 11.5 Å². The van der Waals surface area contributed by atoms with Gasteiger partial charge in [-0.1, -0.05) is 12.1 Å². The van der Waals surface area contributed by atoms with Crippen molar-refractivity contribution in [3.05, 3.63) is 29.8 Å². The van der Waals surface area contributed by atoms with Gasteiger partial charge in [0.25, 0.3) is 0 Å². The lowest BCUT2D eigenvalue weighted by atomic mass is 9.98. The van der Waals surface area contributed by atoms with E-state index in [2.05, 4.69) is 11.9 Å². The average molecular weight is 304 g/mol. The van der Waals surface area contributed by atoms with E-state index in [0.717, 1.165) is 37.2 Å². The Hall–Kier alpha value is -1.59. The van der Waals surface area contributed by atoms with E-state index >= 15 is 0 Å². The Balaban J connectivity index is 1.68.